The fourth-order valence-corrected chi connectivity index (χ4v) is 5.87. The Labute approximate surface area is 207 Å². The van der Waals surface area contributed by atoms with Crippen LogP contribution in [0.3, 0.4) is 0 Å². The van der Waals surface area contributed by atoms with Crippen LogP contribution in [0.1, 0.15) is 62.5 Å². The number of ether oxygens (including phenoxy) is 1. The average Bonchev–Trinajstić information content (AvgIpc) is 3.45. The number of hydrogen-bond donors (Lipinski definition) is 1. The second-order valence-corrected chi connectivity index (χ2v) is 10.7. The van der Waals surface area contributed by atoms with Crippen LogP contribution < -0.4 is 15.0 Å². The molecule has 7 heteroatoms. The Bertz CT molecular complexity index is 1000. The smallest absolute Gasteiger partial charge is 0.225 e. The third-order valence-electron chi connectivity index (χ3n) is 8.03. The Balaban J connectivity index is 1.01. The number of nitrogens with one attached hydrogen (secondary N) is 1. The third-order valence-corrected chi connectivity index (χ3v) is 8.03. The molecule has 1 saturated heterocycles. The van der Waals surface area contributed by atoms with Gasteiger partial charge in [0.25, 0.3) is 0 Å². The topological polar surface area (TPSA) is 67.4 Å². The van der Waals surface area contributed by atoms with Crippen LogP contribution in [0.5, 0.6) is 5.75 Å². The minimum absolute atomic E-state index is 0.0845. The Hall–Kier alpha value is -2.70. The zero-order valence-electron chi connectivity index (χ0n) is 20.7. The number of aromatic nitrogens is 2. The summed E-state index contributed by atoms with van der Waals surface area (Å²) in [5.41, 5.74) is 1.52. The predicted molar refractivity (Wildman–Crippen MR) is 134 cm³/mol. The summed E-state index contributed by atoms with van der Waals surface area (Å²) < 4.78 is 20.4. The van der Waals surface area contributed by atoms with Crippen LogP contribution in [0.2, 0.25) is 0 Å². The number of rotatable bonds is 9. The number of aryl methyl sites for hydroxylation is 1. The van der Waals surface area contributed by atoms with Crippen molar-refractivity contribution in [2.45, 2.75) is 70.8 Å². The van der Waals surface area contributed by atoms with Crippen molar-refractivity contribution in [3.63, 3.8) is 0 Å². The zero-order chi connectivity index (χ0) is 24.2. The van der Waals surface area contributed by atoms with Crippen LogP contribution in [0.15, 0.2) is 30.6 Å². The first-order valence-electron chi connectivity index (χ1n) is 13.3. The molecule has 1 aliphatic heterocycles. The fraction of sp³-hybridized carbons (Fsp3) is 0.607. The quantitative estimate of drug-likeness (QED) is 0.556. The molecule has 2 aromatic rings. The number of piperidine rings is 1. The summed E-state index contributed by atoms with van der Waals surface area (Å²) in [5, 5.41) is 3.02. The van der Waals surface area contributed by atoms with E-state index in [2.05, 4.69) is 20.2 Å². The summed E-state index contributed by atoms with van der Waals surface area (Å²) in [6.07, 6.45) is 12.9. The van der Waals surface area contributed by atoms with E-state index in [1.54, 1.807) is 12.1 Å². The number of carbonyl (C=O) groups is 1. The molecule has 1 amide bonds. The summed E-state index contributed by atoms with van der Waals surface area (Å²) in [5.74, 6) is 3.21. The van der Waals surface area contributed by atoms with Crippen molar-refractivity contribution in [2.75, 3.05) is 24.6 Å². The zero-order valence-corrected chi connectivity index (χ0v) is 20.7. The van der Waals surface area contributed by atoms with Crippen molar-refractivity contribution in [1.29, 1.82) is 0 Å². The minimum Gasteiger partial charge on any atom is -0.493 e. The van der Waals surface area contributed by atoms with Gasteiger partial charge in [-0.15, -0.1) is 0 Å². The Morgan fingerprint density at radius 3 is 2.60 bits per heavy atom. The van der Waals surface area contributed by atoms with Gasteiger partial charge in [-0.05, 0) is 80.4 Å². The molecular formula is C28H37FN4O2. The number of nitrogens with zero attached hydrogens (tertiary/aromatic N) is 3. The lowest BCUT2D eigenvalue weighted by Crippen LogP contribution is -2.35. The van der Waals surface area contributed by atoms with E-state index in [0.29, 0.717) is 23.8 Å². The number of benzene rings is 1. The second kappa shape index (κ2) is 10.9. The number of halogens is 1. The molecule has 6 nitrogen and oxygen atoms in total. The van der Waals surface area contributed by atoms with Gasteiger partial charge < -0.3 is 15.0 Å². The highest BCUT2D eigenvalue weighted by molar-refractivity contribution is 5.79. The predicted octanol–water partition coefficient (Wildman–Crippen LogP) is 4.85. The molecule has 3 fully saturated rings. The number of carbonyl (C=O) groups excluding carboxylic acids is 1. The highest BCUT2D eigenvalue weighted by atomic mass is 19.1. The van der Waals surface area contributed by atoms with E-state index in [-0.39, 0.29) is 24.2 Å². The van der Waals surface area contributed by atoms with Crippen molar-refractivity contribution in [2.24, 2.45) is 17.8 Å². The van der Waals surface area contributed by atoms with Gasteiger partial charge in [0.1, 0.15) is 11.6 Å². The van der Waals surface area contributed by atoms with Crippen LogP contribution in [0.25, 0.3) is 0 Å². The van der Waals surface area contributed by atoms with Crippen LogP contribution >= 0.6 is 0 Å². The molecule has 1 aromatic heterocycles. The first-order chi connectivity index (χ1) is 17.0. The van der Waals surface area contributed by atoms with Crippen molar-refractivity contribution >= 4 is 11.9 Å². The first kappa shape index (κ1) is 24.0. The molecule has 3 aliphatic rings. The van der Waals surface area contributed by atoms with Gasteiger partial charge >= 0.3 is 0 Å². The molecule has 0 radical (unpaired) electrons. The van der Waals surface area contributed by atoms with E-state index in [9.17, 15) is 9.18 Å². The molecular weight excluding hydrogens is 443 g/mol. The van der Waals surface area contributed by atoms with Crippen LogP contribution in [0, 0.1) is 30.5 Å². The molecule has 1 aromatic carbocycles. The highest BCUT2D eigenvalue weighted by Gasteiger charge is 2.43. The van der Waals surface area contributed by atoms with E-state index in [0.717, 1.165) is 68.5 Å². The summed E-state index contributed by atoms with van der Waals surface area (Å²) in [7, 11) is 0. The van der Waals surface area contributed by atoms with Gasteiger partial charge in [0, 0.05) is 37.6 Å². The summed E-state index contributed by atoms with van der Waals surface area (Å²) >= 11 is 0. The van der Waals surface area contributed by atoms with Crippen LogP contribution in [-0.4, -0.2) is 41.6 Å². The number of hydrogen-bond acceptors (Lipinski definition) is 5. The summed E-state index contributed by atoms with van der Waals surface area (Å²) in [4.78, 5) is 23.4. The fourth-order valence-electron chi connectivity index (χ4n) is 5.87. The van der Waals surface area contributed by atoms with Crippen molar-refractivity contribution in [1.82, 2.24) is 15.3 Å². The van der Waals surface area contributed by atoms with E-state index in [1.807, 2.05) is 19.3 Å². The molecule has 0 bridgehead atoms. The van der Waals surface area contributed by atoms with Gasteiger partial charge in [0.2, 0.25) is 11.9 Å². The van der Waals surface area contributed by atoms with Crippen LogP contribution in [0.4, 0.5) is 10.3 Å². The van der Waals surface area contributed by atoms with E-state index < -0.39 is 0 Å². The maximum absolute atomic E-state index is 14.5. The lowest BCUT2D eigenvalue weighted by molar-refractivity contribution is -0.121. The molecule has 0 unspecified atom stereocenters. The van der Waals surface area contributed by atoms with E-state index >= 15 is 0 Å². The van der Waals surface area contributed by atoms with Gasteiger partial charge in [-0.25, -0.2) is 14.4 Å². The molecule has 5 rings (SSSR count). The summed E-state index contributed by atoms with van der Waals surface area (Å²) in [6.45, 7) is 4.67. The molecule has 35 heavy (non-hydrogen) atoms. The lowest BCUT2D eigenvalue weighted by Gasteiger charge is -2.32. The maximum Gasteiger partial charge on any atom is 0.225 e. The molecule has 2 aliphatic carbocycles. The largest absolute Gasteiger partial charge is 0.493 e. The Morgan fingerprint density at radius 2 is 1.89 bits per heavy atom. The third kappa shape index (κ3) is 6.30. The van der Waals surface area contributed by atoms with Gasteiger partial charge in [0.15, 0.2) is 0 Å². The van der Waals surface area contributed by atoms with Gasteiger partial charge in [-0.2, -0.15) is 0 Å². The number of amides is 1. The van der Waals surface area contributed by atoms with E-state index in [1.165, 1.54) is 25.3 Å². The Kier molecular flexibility index (Phi) is 7.49. The first-order valence-corrected chi connectivity index (χ1v) is 13.3. The molecule has 2 heterocycles. The minimum atomic E-state index is -0.363. The van der Waals surface area contributed by atoms with Gasteiger partial charge in [-0.1, -0.05) is 18.9 Å². The van der Waals surface area contributed by atoms with Crippen molar-refractivity contribution in [3.8, 4) is 5.75 Å². The Morgan fingerprint density at radius 1 is 1.14 bits per heavy atom. The number of anilines is 1. The van der Waals surface area contributed by atoms with Gasteiger partial charge in [0.05, 0.1) is 13.0 Å². The SMILES string of the molecule is Cc1cnc(N2CCC([C@H]3C[C@H]3CCOc3ccc(CC(=O)NC4CCCC4)c(F)c3)CC2)nc1. The average molecular weight is 481 g/mol. The molecule has 2 saturated carbocycles. The summed E-state index contributed by atoms with van der Waals surface area (Å²) in [6, 6.07) is 5.15. The normalized spacial score (nSPS) is 22.9. The maximum atomic E-state index is 14.5. The van der Waals surface area contributed by atoms with E-state index in [4.69, 9.17) is 4.74 Å². The molecule has 2 atom stereocenters. The molecule has 188 valence electrons. The monoisotopic (exact) mass is 480 g/mol. The lowest BCUT2D eigenvalue weighted by atomic mass is 9.90. The van der Waals surface area contributed by atoms with Gasteiger partial charge in [-0.3, -0.25) is 4.79 Å². The molecule has 0 spiro atoms. The highest BCUT2D eigenvalue weighted by Crippen LogP contribution is 2.49. The van der Waals surface area contributed by atoms with Crippen LogP contribution in [-0.2, 0) is 11.2 Å². The molecule has 1 N–H and O–H groups in total. The van der Waals surface area contributed by atoms with Crippen molar-refractivity contribution in [3.05, 3.63) is 47.5 Å². The second-order valence-electron chi connectivity index (χ2n) is 10.7. The standard InChI is InChI=1S/C28H37FN4O2/c1-19-17-30-28(31-18-19)33-11-8-20(9-12-33)25-14-21(25)10-13-35-24-7-6-22(26(29)16-24)15-27(34)32-23-4-2-3-5-23/h6-7,16-18,20-21,23,25H,2-5,8-15H2,1H3,(H,32,34)/t21-,25-/m1/s1. The van der Waals surface area contributed by atoms with Crippen molar-refractivity contribution < 1.29 is 13.9 Å².